The van der Waals surface area contributed by atoms with Gasteiger partial charge in [0.05, 0.1) is 6.10 Å². The fourth-order valence-corrected chi connectivity index (χ4v) is 2.85. The van der Waals surface area contributed by atoms with E-state index in [1.807, 2.05) is 4.90 Å². The summed E-state index contributed by atoms with van der Waals surface area (Å²) in [6.07, 6.45) is 3.79. The molecular weight excluding hydrogens is 330 g/mol. The third kappa shape index (κ3) is 6.96. The predicted octanol–water partition coefficient (Wildman–Crippen LogP) is 2.58. The van der Waals surface area contributed by atoms with Gasteiger partial charge in [0.1, 0.15) is 5.75 Å². The van der Waals surface area contributed by atoms with Gasteiger partial charge in [-0.3, -0.25) is 4.79 Å². The summed E-state index contributed by atoms with van der Waals surface area (Å²) in [5.74, 6) is 0.245. The molecule has 7 heteroatoms. The molecule has 1 fully saturated rings. The van der Waals surface area contributed by atoms with Crippen molar-refractivity contribution in [3.05, 3.63) is 29.8 Å². The van der Waals surface area contributed by atoms with Crippen molar-refractivity contribution in [2.45, 2.75) is 44.8 Å². The minimum atomic E-state index is -2.82. The Kier molecular flexibility index (Phi) is 8.08. The minimum Gasteiger partial charge on any atom is -0.435 e. The molecule has 0 radical (unpaired) electrons. The molecule has 1 saturated heterocycles. The van der Waals surface area contributed by atoms with Gasteiger partial charge in [0.15, 0.2) is 0 Å². The van der Waals surface area contributed by atoms with Gasteiger partial charge in [0, 0.05) is 26.1 Å². The van der Waals surface area contributed by atoms with Crippen LogP contribution in [0.3, 0.4) is 0 Å². The number of hydrogen-bond acceptors (Lipinski definition) is 4. The number of ether oxygens (including phenoxy) is 2. The van der Waals surface area contributed by atoms with Crippen LogP contribution in [-0.2, 0) is 16.0 Å². The number of nitrogens with two attached hydrogens (primary N) is 1. The van der Waals surface area contributed by atoms with Crippen LogP contribution in [0.2, 0.25) is 0 Å². The molecule has 0 atom stereocenters. The topological polar surface area (TPSA) is 64.8 Å². The molecule has 5 nitrogen and oxygen atoms in total. The Hall–Kier alpha value is -1.73. The van der Waals surface area contributed by atoms with Gasteiger partial charge in [-0.05, 0) is 49.9 Å². The summed E-state index contributed by atoms with van der Waals surface area (Å²) in [4.78, 5) is 14.2. The highest BCUT2D eigenvalue weighted by molar-refractivity contribution is 5.76. The van der Waals surface area contributed by atoms with Crippen molar-refractivity contribution in [1.82, 2.24) is 4.90 Å². The fraction of sp³-hybridized carbons (Fsp3) is 0.611. The molecule has 1 aliphatic heterocycles. The second kappa shape index (κ2) is 10.3. The van der Waals surface area contributed by atoms with Crippen molar-refractivity contribution in [1.29, 1.82) is 0 Å². The van der Waals surface area contributed by atoms with Crippen molar-refractivity contribution in [2.24, 2.45) is 5.73 Å². The van der Waals surface area contributed by atoms with E-state index >= 15 is 0 Å². The van der Waals surface area contributed by atoms with E-state index in [-0.39, 0.29) is 17.8 Å². The fourth-order valence-electron chi connectivity index (χ4n) is 2.85. The first kappa shape index (κ1) is 19.6. The van der Waals surface area contributed by atoms with Crippen LogP contribution < -0.4 is 10.5 Å². The first-order chi connectivity index (χ1) is 12.1. The Morgan fingerprint density at radius 2 is 1.92 bits per heavy atom. The number of aryl methyl sites for hydroxylation is 1. The number of nitrogens with zero attached hydrogens (tertiary/aromatic N) is 1. The van der Waals surface area contributed by atoms with Crippen LogP contribution in [0.1, 0.15) is 31.2 Å². The highest BCUT2D eigenvalue weighted by Gasteiger charge is 2.22. The van der Waals surface area contributed by atoms with Crippen LogP contribution in [0.4, 0.5) is 8.78 Å². The van der Waals surface area contributed by atoms with Gasteiger partial charge >= 0.3 is 6.61 Å². The number of rotatable bonds is 9. The largest absolute Gasteiger partial charge is 0.435 e. The lowest BCUT2D eigenvalue weighted by Gasteiger charge is -2.32. The number of likely N-dealkylation sites (tertiary alicyclic amines) is 1. The van der Waals surface area contributed by atoms with Gasteiger partial charge in [-0.1, -0.05) is 12.1 Å². The van der Waals surface area contributed by atoms with Crippen LogP contribution in [0.15, 0.2) is 24.3 Å². The molecule has 1 aromatic rings. The van der Waals surface area contributed by atoms with E-state index in [0.29, 0.717) is 39.1 Å². The van der Waals surface area contributed by atoms with Crippen molar-refractivity contribution in [2.75, 3.05) is 26.2 Å². The van der Waals surface area contributed by atoms with Gasteiger partial charge in [0.2, 0.25) is 5.91 Å². The summed E-state index contributed by atoms with van der Waals surface area (Å²) < 4.78 is 34.3. The number of piperidine rings is 1. The van der Waals surface area contributed by atoms with Crippen LogP contribution in [-0.4, -0.2) is 49.8 Å². The number of benzene rings is 1. The molecule has 1 heterocycles. The standard InChI is InChI=1S/C18H26F2N2O3/c19-18(20)25-16-5-2-14(3-6-16)4-7-17(23)22-11-8-15(9-12-22)24-13-1-10-21/h2-3,5-6,15,18H,1,4,7-13,21H2. The Bertz CT molecular complexity index is 518. The Morgan fingerprint density at radius 1 is 1.24 bits per heavy atom. The smallest absolute Gasteiger partial charge is 0.387 e. The molecule has 1 amide bonds. The highest BCUT2D eigenvalue weighted by Crippen LogP contribution is 2.18. The molecule has 2 rings (SSSR count). The molecule has 1 aliphatic rings. The number of carbonyl (C=O) groups is 1. The minimum absolute atomic E-state index is 0.119. The Labute approximate surface area is 147 Å². The quantitative estimate of drug-likeness (QED) is 0.691. The Morgan fingerprint density at radius 3 is 2.52 bits per heavy atom. The van der Waals surface area contributed by atoms with Gasteiger partial charge in [-0.2, -0.15) is 8.78 Å². The van der Waals surface area contributed by atoms with E-state index in [1.165, 1.54) is 12.1 Å². The average Bonchev–Trinajstić information content (AvgIpc) is 2.61. The van der Waals surface area contributed by atoms with E-state index in [0.717, 1.165) is 24.8 Å². The third-order valence-electron chi connectivity index (χ3n) is 4.27. The second-order valence-corrected chi connectivity index (χ2v) is 6.12. The second-order valence-electron chi connectivity index (χ2n) is 6.12. The van der Waals surface area contributed by atoms with Crippen molar-refractivity contribution in [3.63, 3.8) is 0 Å². The van der Waals surface area contributed by atoms with Crippen LogP contribution >= 0.6 is 0 Å². The zero-order valence-corrected chi connectivity index (χ0v) is 14.3. The maximum Gasteiger partial charge on any atom is 0.387 e. The van der Waals surface area contributed by atoms with Gasteiger partial charge < -0.3 is 20.1 Å². The summed E-state index contributed by atoms with van der Waals surface area (Å²) in [6.45, 7) is -0.0808. The summed E-state index contributed by atoms with van der Waals surface area (Å²) in [7, 11) is 0. The van der Waals surface area contributed by atoms with Crippen LogP contribution in [0.5, 0.6) is 5.75 Å². The molecule has 0 aliphatic carbocycles. The molecule has 0 unspecified atom stereocenters. The number of alkyl halides is 2. The van der Waals surface area contributed by atoms with Crippen molar-refractivity contribution in [3.8, 4) is 5.75 Å². The average molecular weight is 356 g/mol. The molecule has 2 N–H and O–H groups in total. The van der Waals surface area contributed by atoms with Gasteiger partial charge in [-0.25, -0.2) is 0 Å². The monoisotopic (exact) mass is 356 g/mol. The van der Waals surface area contributed by atoms with Crippen molar-refractivity contribution >= 4 is 5.91 Å². The molecular formula is C18H26F2N2O3. The summed E-state index contributed by atoms with van der Waals surface area (Å²) in [5.41, 5.74) is 6.37. The molecule has 0 saturated carbocycles. The zero-order valence-electron chi connectivity index (χ0n) is 14.3. The number of carbonyl (C=O) groups excluding carboxylic acids is 1. The third-order valence-corrected chi connectivity index (χ3v) is 4.27. The maximum absolute atomic E-state index is 12.3. The Balaban J connectivity index is 1.68. The maximum atomic E-state index is 12.3. The van der Waals surface area contributed by atoms with E-state index in [9.17, 15) is 13.6 Å². The summed E-state index contributed by atoms with van der Waals surface area (Å²) in [6, 6.07) is 6.41. The van der Waals surface area contributed by atoms with E-state index in [4.69, 9.17) is 10.5 Å². The molecule has 0 spiro atoms. The molecule has 1 aromatic carbocycles. The lowest BCUT2D eigenvalue weighted by atomic mass is 10.1. The van der Waals surface area contributed by atoms with E-state index in [1.54, 1.807) is 12.1 Å². The highest BCUT2D eigenvalue weighted by atomic mass is 19.3. The lowest BCUT2D eigenvalue weighted by Crippen LogP contribution is -2.41. The normalized spacial score (nSPS) is 15.6. The van der Waals surface area contributed by atoms with Crippen LogP contribution in [0, 0.1) is 0 Å². The van der Waals surface area contributed by atoms with Crippen molar-refractivity contribution < 1.29 is 23.0 Å². The molecule has 0 aromatic heterocycles. The number of halogens is 2. The van der Waals surface area contributed by atoms with Gasteiger partial charge in [0.25, 0.3) is 0 Å². The molecule has 25 heavy (non-hydrogen) atoms. The first-order valence-electron chi connectivity index (χ1n) is 8.71. The first-order valence-corrected chi connectivity index (χ1v) is 8.71. The summed E-state index contributed by atoms with van der Waals surface area (Å²) in [5, 5.41) is 0. The molecule has 140 valence electrons. The lowest BCUT2D eigenvalue weighted by molar-refractivity contribution is -0.133. The van der Waals surface area contributed by atoms with Gasteiger partial charge in [-0.15, -0.1) is 0 Å². The van der Waals surface area contributed by atoms with E-state index < -0.39 is 6.61 Å². The van der Waals surface area contributed by atoms with Crippen LogP contribution in [0.25, 0.3) is 0 Å². The number of hydrogen-bond donors (Lipinski definition) is 1. The SMILES string of the molecule is NCCCOC1CCN(C(=O)CCc2ccc(OC(F)F)cc2)CC1. The summed E-state index contributed by atoms with van der Waals surface area (Å²) >= 11 is 0. The predicted molar refractivity (Wildman–Crippen MR) is 90.6 cm³/mol. The zero-order chi connectivity index (χ0) is 18.1. The van der Waals surface area contributed by atoms with E-state index in [2.05, 4.69) is 4.74 Å². The molecule has 0 bridgehead atoms. The number of amides is 1.